The summed E-state index contributed by atoms with van der Waals surface area (Å²) in [6.45, 7) is 7.51. The Balaban J connectivity index is 1.99. The minimum absolute atomic E-state index is 0.240. The van der Waals surface area contributed by atoms with Crippen molar-refractivity contribution in [3.63, 3.8) is 0 Å². The predicted octanol–water partition coefficient (Wildman–Crippen LogP) is 3.17. The van der Waals surface area contributed by atoms with Crippen molar-refractivity contribution in [3.05, 3.63) is 41.5 Å². The highest BCUT2D eigenvalue weighted by Gasteiger charge is 2.23. The molecule has 1 aromatic rings. The second kappa shape index (κ2) is 6.31. The largest absolute Gasteiger partial charge is 0.444 e. The van der Waals surface area contributed by atoms with Gasteiger partial charge in [-0.05, 0) is 43.9 Å². The first-order valence-electron chi connectivity index (χ1n) is 7.35. The summed E-state index contributed by atoms with van der Waals surface area (Å²) in [5.41, 5.74) is 8.77. The molecule has 4 nitrogen and oxygen atoms in total. The number of benzene rings is 1. The SMILES string of the molecule is CC(C)(C)OC(=O)N1CC=C(c2ccc(CN)cc2)CC1. The summed E-state index contributed by atoms with van der Waals surface area (Å²) < 4.78 is 5.39. The van der Waals surface area contributed by atoms with E-state index in [-0.39, 0.29) is 6.09 Å². The van der Waals surface area contributed by atoms with Gasteiger partial charge < -0.3 is 15.4 Å². The average molecular weight is 288 g/mol. The number of rotatable bonds is 2. The fourth-order valence-corrected chi connectivity index (χ4v) is 2.28. The van der Waals surface area contributed by atoms with Crippen LogP contribution in [0.2, 0.25) is 0 Å². The first-order chi connectivity index (χ1) is 9.89. The van der Waals surface area contributed by atoms with E-state index in [1.54, 1.807) is 4.90 Å². The Kier molecular flexibility index (Phi) is 4.68. The number of amides is 1. The standard InChI is InChI=1S/C17H24N2O2/c1-17(2,3)21-16(20)19-10-8-15(9-11-19)14-6-4-13(12-18)5-7-14/h4-8H,9-12,18H2,1-3H3. The molecule has 0 spiro atoms. The van der Waals surface area contributed by atoms with Gasteiger partial charge in [0.25, 0.3) is 0 Å². The van der Waals surface area contributed by atoms with Crippen LogP contribution in [-0.4, -0.2) is 29.7 Å². The molecule has 2 rings (SSSR count). The maximum atomic E-state index is 12.0. The normalized spacial score (nSPS) is 15.6. The van der Waals surface area contributed by atoms with Crippen LogP contribution >= 0.6 is 0 Å². The summed E-state index contributed by atoms with van der Waals surface area (Å²) in [6.07, 6.45) is 2.71. The maximum Gasteiger partial charge on any atom is 0.410 e. The smallest absolute Gasteiger partial charge is 0.410 e. The first kappa shape index (κ1) is 15.6. The van der Waals surface area contributed by atoms with Crippen LogP contribution in [0, 0.1) is 0 Å². The van der Waals surface area contributed by atoms with E-state index in [1.807, 2.05) is 20.8 Å². The Morgan fingerprint density at radius 2 is 1.95 bits per heavy atom. The lowest BCUT2D eigenvalue weighted by Gasteiger charge is -2.29. The van der Waals surface area contributed by atoms with Crippen LogP contribution in [-0.2, 0) is 11.3 Å². The molecule has 1 aliphatic rings. The maximum absolute atomic E-state index is 12.0. The second-order valence-corrected chi connectivity index (χ2v) is 6.31. The van der Waals surface area contributed by atoms with Gasteiger partial charge >= 0.3 is 6.09 Å². The molecule has 4 heteroatoms. The molecular formula is C17H24N2O2. The molecule has 1 amide bonds. The molecule has 0 saturated carbocycles. The number of nitrogens with two attached hydrogens (primary N) is 1. The van der Waals surface area contributed by atoms with Gasteiger partial charge in [-0.1, -0.05) is 30.3 Å². The molecule has 1 aliphatic heterocycles. The van der Waals surface area contributed by atoms with Crippen LogP contribution in [0.1, 0.15) is 38.3 Å². The minimum atomic E-state index is -0.445. The number of carbonyl (C=O) groups excluding carboxylic acids is 1. The number of nitrogens with zero attached hydrogens (tertiary/aromatic N) is 1. The molecule has 0 radical (unpaired) electrons. The van der Waals surface area contributed by atoms with E-state index in [0.29, 0.717) is 19.6 Å². The molecule has 0 saturated heterocycles. The molecule has 0 aromatic heterocycles. The van der Waals surface area contributed by atoms with Crippen molar-refractivity contribution in [2.24, 2.45) is 5.73 Å². The van der Waals surface area contributed by atoms with E-state index in [4.69, 9.17) is 10.5 Å². The molecule has 114 valence electrons. The minimum Gasteiger partial charge on any atom is -0.444 e. The summed E-state index contributed by atoms with van der Waals surface area (Å²) in [5.74, 6) is 0. The lowest BCUT2D eigenvalue weighted by atomic mass is 9.98. The highest BCUT2D eigenvalue weighted by molar-refractivity contribution is 5.72. The Morgan fingerprint density at radius 1 is 1.29 bits per heavy atom. The zero-order valence-electron chi connectivity index (χ0n) is 13.1. The lowest BCUT2D eigenvalue weighted by molar-refractivity contribution is 0.0270. The third-order valence-corrected chi connectivity index (χ3v) is 3.42. The Labute approximate surface area is 126 Å². The van der Waals surface area contributed by atoms with Gasteiger partial charge in [0.15, 0.2) is 0 Å². The summed E-state index contributed by atoms with van der Waals surface area (Å²) in [7, 11) is 0. The van der Waals surface area contributed by atoms with Crippen LogP contribution in [0.5, 0.6) is 0 Å². The van der Waals surface area contributed by atoms with Gasteiger partial charge in [0.05, 0.1) is 0 Å². The topological polar surface area (TPSA) is 55.6 Å². The van der Waals surface area contributed by atoms with Gasteiger partial charge in [0, 0.05) is 19.6 Å². The molecule has 1 heterocycles. The Bertz CT molecular complexity index is 527. The number of carbonyl (C=O) groups is 1. The van der Waals surface area contributed by atoms with Gasteiger partial charge in [0.1, 0.15) is 5.60 Å². The van der Waals surface area contributed by atoms with Gasteiger partial charge in [-0.3, -0.25) is 0 Å². The highest BCUT2D eigenvalue weighted by atomic mass is 16.6. The van der Waals surface area contributed by atoms with Crippen LogP contribution < -0.4 is 5.73 Å². The third-order valence-electron chi connectivity index (χ3n) is 3.42. The van der Waals surface area contributed by atoms with E-state index >= 15 is 0 Å². The summed E-state index contributed by atoms with van der Waals surface area (Å²) in [6, 6.07) is 8.29. The molecule has 0 unspecified atom stereocenters. The fourth-order valence-electron chi connectivity index (χ4n) is 2.28. The van der Waals surface area contributed by atoms with Crippen LogP contribution in [0.4, 0.5) is 4.79 Å². The molecule has 0 atom stereocenters. The molecule has 0 aliphatic carbocycles. The van der Waals surface area contributed by atoms with Crippen molar-refractivity contribution < 1.29 is 9.53 Å². The predicted molar refractivity (Wildman–Crippen MR) is 84.7 cm³/mol. The van der Waals surface area contributed by atoms with Crippen molar-refractivity contribution in [1.82, 2.24) is 4.90 Å². The van der Waals surface area contributed by atoms with Crippen molar-refractivity contribution in [2.45, 2.75) is 39.3 Å². The van der Waals surface area contributed by atoms with Crippen LogP contribution in [0.25, 0.3) is 5.57 Å². The zero-order chi connectivity index (χ0) is 15.5. The lowest BCUT2D eigenvalue weighted by Crippen LogP contribution is -2.39. The molecule has 0 fully saturated rings. The second-order valence-electron chi connectivity index (χ2n) is 6.31. The summed E-state index contributed by atoms with van der Waals surface area (Å²) >= 11 is 0. The molecule has 2 N–H and O–H groups in total. The van der Waals surface area contributed by atoms with E-state index in [2.05, 4.69) is 30.3 Å². The molecule has 1 aromatic carbocycles. The Hall–Kier alpha value is -1.81. The third kappa shape index (κ3) is 4.33. The van der Waals surface area contributed by atoms with E-state index in [9.17, 15) is 4.79 Å². The average Bonchev–Trinajstić information content (AvgIpc) is 2.46. The van der Waals surface area contributed by atoms with Crippen molar-refractivity contribution in [2.75, 3.05) is 13.1 Å². The van der Waals surface area contributed by atoms with Gasteiger partial charge in [-0.25, -0.2) is 4.79 Å². The zero-order valence-corrected chi connectivity index (χ0v) is 13.1. The summed E-state index contributed by atoms with van der Waals surface area (Å²) in [5, 5.41) is 0. The highest BCUT2D eigenvalue weighted by Crippen LogP contribution is 2.23. The molecule has 21 heavy (non-hydrogen) atoms. The summed E-state index contributed by atoms with van der Waals surface area (Å²) in [4.78, 5) is 13.7. The van der Waals surface area contributed by atoms with Crippen molar-refractivity contribution in [3.8, 4) is 0 Å². The molecular weight excluding hydrogens is 264 g/mol. The van der Waals surface area contributed by atoms with Gasteiger partial charge in [-0.15, -0.1) is 0 Å². The van der Waals surface area contributed by atoms with E-state index in [1.165, 1.54) is 11.1 Å². The van der Waals surface area contributed by atoms with E-state index < -0.39 is 5.60 Å². The first-order valence-corrected chi connectivity index (χ1v) is 7.35. The number of hydrogen-bond acceptors (Lipinski definition) is 3. The van der Waals surface area contributed by atoms with Crippen molar-refractivity contribution in [1.29, 1.82) is 0 Å². The van der Waals surface area contributed by atoms with Gasteiger partial charge in [0.2, 0.25) is 0 Å². The van der Waals surface area contributed by atoms with Crippen LogP contribution in [0.3, 0.4) is 0 Å². The number of hydrogen-bond donors (Lipinski definition) is 1. The fraction of sp³-hybridized carbons (Fsp3) is 0.471. The molecule has 0 bridgehead atoms. The monoisotopic (exact) mass is 288 g/mol. The van der Waals surface area contributed by atoms with Gasteiger partial charge in [-0.2, -0.15) is 0 Å². The van der Waals surface area contributed by atoms with Crippen molar-refractivity contribution >= 4 is 11.7 Å². The number of ether oxygens (including phenoxy) is 1. The van der Waals surface area contributed by atoms with Crippen LogP contribution in [0.15, 0.2) is 30.3 Å². The van der Waals surface area contributed by atoms with E-state index in [0.717, 1.165) is 12.0 Å². The quantitative estimate of drug-likeness (QED) is 0.909. The Morgan fingerprint density at radius 3 is 2.43 bits per heavy atom.